The molecule has 35 heavy (non-hydrogen) atoms. The van der Waals surface area contributed by atoms with Crippen molar-refractivity contribution in [2.24, 2.45) is 7.05 Å². The van der Waals surface area contributed by atoms with E-state index >= 15 is 0 Å². The zero-order chi connectivity index (χ0) is 24.9. The van der Waals surface area contributed by atoms with Crippen LogP contribution in [-0.2, 0) is 24.8 Å². The summed E-state index contributed by atoms with van der Waals surface area (Å²) in [5.41, 5.74) is 5.11. The Kier molecular flexibility index (Phi) is 5.46. The molecule has 0 saturated carbocycles. The molecular formula is C27H29N5O3. The van der Waals surface area contributed by atoms with E-state index in [1.807, 2.05) is 59.0 Å². The summed E-state index contributed by atoms with van der Waals surface area (Å²) in [5, 5.41) is 1.08. The number of nitrogens with zero attached hydrogens (tertiary/aromatic N) is 5. The largest absolute Gasteiger partial charge is 0.444 e. The molecule has 0 radical (unpaired) electrons. The van der Waals surface area contributed by atoms with Crippen LogP contribution < -0.4 is 5.56 Å². The van der Waals surface area contributed by atoms with Gasteiger partial charge in [-0.2, -0.15) is 0 Å². The summed E-state index contributed by atoms with van der Waals surface area (Å²) in [5.74, 6) is 0.528. The van der Waals surface area contributed by atoms with Crippen molar-refractivity contribution in [3.63, 3.8) is 0 Å². The van der Waals surface area contributed by atoms with Crippen LogP contribution in [0.1, 0.15) is 37.6 Å². The quantitative estimate of drug-likeness (QED) is 0.433. The minimum absolute atomic E-state index is 0.152. The fourth-order valence-corrected chi connectivity index (χ4v) is 4.57. The Morgan fingerprint density at radius 1 is 1.09 bits per heavy atom. The average Bonchev–Trinajstić information content (AvgIpc) is 3.09. The Morgan fingerprint density at radius 3 is 2.51 bits per heavy atom. The molecule has 3 aromatic heterocycles. The van der Waals surface area contributed by atoms with Crippen molar-refractivity contribution in [1.82, 2.24) is 24.0 Å². The first-order valence-corrected chi connectivity index (χ1v) is 11.7. The molecule has 8 heteroatoms. The molecule has 1 aromatic carbocycles. The molecule has 0 aliphatic carbocycles. The third kappa shape index (κ3) is 4.32. The highest BCUT2D eigenvalue weighted by Crippen LogP contribution is 2.32. The summed E-state index contributed by atoms with van der Waals surface area (Å²) >= 11 is 0. The highest BCUT2D eigenvalue weighted by atomic mass is 16.6. The van der Waals surface area contributed by atoms with E-state index in [2.05, 4.69) is 14.5 Å². The van der Waals surface area contributed by atoms with Gasteiger partial charge in [0, 0.05) is 66.9 Å². The molecule has 1 amide bonds. The minimum Gasteiger partial charge on any atom is -0.444 e. The van der Waals surface area contributed by atoms with Crippen LogP contribution in [0.25, 0.3) is 28.0 Å². The predicted molar refractivity (Wildman–Crippen MR) is 135 cm³/mol. The van der Waals surface area contributed by atoms with Crippen LogP contribution in [-0.4, -0.2) is 42.2 Å². The van der Waals surface area contributed by atoms with Crippen molar-refractivity contribution in [2.45, 2.75) is 46.3 Å². The molecule has 4 aromatic rings. The van der Waals surface area contributed by atoms with E-state index < -0.39 is 5.60 Å². The molecule has 1 aliphatic heterocycles. The molecular weight excluding hydrogens is 442 g/mol. The van der Waals surface area contributed by atoms with E-state index in [9.17, 15) is 9.59 Å². The van der Waals surface area contributed by atoms with Gasteiger partial charge in [0.1, 0.15) is 5.60 Å². The summed E-state index contributed by atoms with van der Waals surface area (Å²) in [7, 11) is 2.04. The van der Waals surface area contributed by atoms with Crippen LogP contribution in [0.3, 0.4) is 0 Å². The number of fused-ring (bicyclic) bond motifs is 3. The van der Waals surface area contributed by atoms with Crippen LogP contribution in [0.5, 0.6) is 0 Å². The van der Waals surface area contributed by atoms with Gasteiger partial charge in [0.15, 0.2) is 5.82 Å². The van der Waals surface area contributed by atoms with Crippen molar-refractivity contribution in [3.8, 4) is 17.1 Å². The van der Waals surface area contributed by atoms with Gasteiger partial charge in [0.25, 0.3) is 5.56 Å². The first-order valence-electron chi connectivity index (χ1n) is 11.7. The van der Waals surface area contributed by atoms with Crippen LogP contribution in [0.15, 0.2) is 53.7 Å². The number of benzene rings is 1. The van der Waals surface area contributed by atoms with E-state index in [0.29, 0.717) is 24.5 Å². The summed E-state index contributed by atoms with van der Waals surface area (Å²) in [6.07, 6.45) is 5.70. The maximum atomic E-state index is 13.0. The van der Waals surface area contributed by atoms with Gasteiger partial charge in [-0.15, -0.1) is 0 Å². The summed E-state index contributed by atoms with van der Waals surface area (Å²) in [6.45, 7) is 8.67. The second kappa shape index (κ2) is 8.37. The topological polar surface area (TPSA) is 82.3 Å². The van der Waals surface area contributed by atoms with Gasteiger partial charge >= 0.3 is 6.09 Å². The second-order valence-corrected chi connectivity index (χ2v) is 10.0. The number of hydrogen-bond donors (Lipinski definition) is 0. The lowest BCUT2D eigenvalue weighted by molar-refractivity contribution is 0.0223. The highest BCUT2D eigenvalue weighted by molar-refractivity contribution is 5.88. The van der Waals surface area contributed by atoms with E-state index in [1.54, 1.807) is 34.1 Å². The number of aryl methyl sites for hydroxylation is 2. The number of hydrogen-bond acceptors (Lipinski definition) is 5. The minimum atomic E-state index is -0.528. The number of carbonyl (C=O) groups is 1. The highest BCUT2D eigenvalue weighted by Gasteiger charge is 2.29. The van der Waals surface area contributed by atoms with Crippen molar-refractivity contribution < 1.29 is 9.53 Å². The first kappa shape index (κ1) is 22.8. The Labute approximate surface area is 203 Å². The number of ether oxygens (including phenoxy) is 1. The molecule has 0 N–H and O–H groups in total. The Bertz CT molecular complexity index is 1490. The van der Waals surface area contributed by atoms with Crippen molar-refractivity contribution >= 4 is 17.0 Å². The lowest BCUT2D eigenvalue weighted by atomic mass is 10.0. The zero-order valence-electron chi connectivity index (χ0n) is 20.7. The monoisotopic (exact) mass is 471 g/mol. The van der Waals surface area contributed by atoms with E-state index in [4.69, 9.17) is 4.74 Å². The predicted octanol–water partition coefficient (Wildman–Crippen LogP) is 4.39. The Morgan fingerprint density at radius 2 is 1.83 bits per heavy atom. The van der Waals surface area contributed by atoms with Crippen LogP contribution >= 0.6 is 0 Å². The number of amides is 1. The fourth-order valence-electron chi connectivity index (χ4n) is 4.57. The van der Waals surface area contributed by atoms with Gasteiger partial charge in [-0.25, -0.2) is 14.8 Å². The number of pyridine rings is 1. The van der Waals surface area contributed by atoms with Gasteiger partial charge in [0.2, 0.25) is 0 Å². The smallest absolute Gasteiger partial charge is 0.410 e. The van der Waals surface area contributed by atoms with Gasteiger partial charge in [-0.05, 0) is 51.5 Å². The summed E-state index contributed by atoms with van der Waals surface area (Å²) in [4.78, 5) is 36.0. The van der Waals surface area contributed by atoms with Crippen molar-refractivity contribution in [1.29, 1.82) is 0 Å². The van der Waals surface area contributed by atoms with Crippen LogP contribution in [0.4, 0.5) is 4.79 Å². The maximum absolute atomic E-state index is 13.0. The molecule has 0 bridgehead atoms. The fraction of sp³-hybridized carbons (Fsp3) is 0.333. The molecule has 0 saturated heterocycles. The van der Waals surface area contributed by atoms with Crippen LogP contribution in [0.2, 0.25) is 0 Å². The number of carbonyl (C=O) groups excluding carboxylic acids is 1. The zero-order valence-corrected chi connectivity index (χ0v) is 20.7. The molecule has 5 rings (SSSR count). The van der Waals surface area contributed by atoms with Gasteiger partial charge < -0.3 is 14.2 Å². The van der Waals surface area contributed by atoms with Crippen LogP contribution in [0, 0.1) is 6.92 Å². The Balaban J connectivity index is 1.48. The standard InChI is InChI=1S/C27H29N5O3/c1-17-14-28-25(29-15-17)18-8-11-32(24(33)12-18)19-6-7-20-21-16-31(26(34)35-27(2,3)4)10-9-22(21)30(5)23(20)13-19/h6-8,11-15H,9-10,16H2,1-5H3. The van der Waals surface area contributed by atoms with E-state index in [0.717, 1.165) is 34.1 Å². The molecule has 8 nitrogen and oxygen atoms in total. The lowest BCUT2D eigenvalue weighted by Gasteiger charge is -2.30. The maximum Gasteiger partial charge on any atom is 0.410 e. The first-order chi connectivity index (χ1) is 16.6. The SMILES string of the molecule is Cc1cnc(-c2ccn(-c3ccc4c5c(n(C)c4c3)CCN(C(=O)OC(C)(C)C)C5)c(=O)c2)nc1. The average molecular weight is 472 g/mol. The van der Waals surface area contributed by atoms with Gasteiger partial charge in [-0.3, -0.25) is 9.36 Å². The van der Waals surface area contributed by atoms with Crippen molar-refractivity contribution in [2.75, 3.05) is 6.54 Å². The molecule has 1 aliphatic rings. The summed E-state index contributed by atoms with van der Waals surface area (Å²) < 4.78 is 9.37. The molecule has 180 valence electrons. The third-order valence-electron chi connectivity index (χ3n) is 6.28. The molecule has 0 unspecified atom stereocenters. The number of rotatable bonds is 2. The van der Waals surface area contributed by atoms with E-state index in [-0.39, 0.29) is 11.7 Å². The second-order valence-electron chi connectivity index (χ2n) is 10.0. The molecule has 0 spiro atoms. The normalized spacial score (nSPS) is 13.7. The number of aromatic nitrogens is 4. The third-order valence-corrected chi connectivity index (χ3v) is 6.28. The molecule has 4 heterocycles. The Hall–Kier alpha value is -3.94. The molecule has 0 atom stereocenters. The molecule has 0 fully saturated rings. The summed E-state index contributed by atoms with van der Waals surface area (Å²) in [6, 6.07) is 9.41. The van der Waals surface area contributed by atoms with Crippen molar-refractivity contribution in [3.05, 3.63) is 76.1 Å². The van der Waals surface area contributed by atoms with Gasteiger partial charge in [-0.1, -0.05) is 6.07 Å². The van der Waals surface area contributed by atoms with Gasteiger partial charge in [0.05, 0.1) is 17.7 Å². The lowest BCUT2D eigenvalue weighted by Crippen LogP contribution is -2.40. The van der Waals surface area contributed by atoms with E-state index in [1.165, 1.54) is 5.69 Å².